The molecule has 0 fully saturated rings. The number of anilines is 2. The first-order chi connectivity index (χ1) is 15.7. The lowest BCUT2D eigenvalue weighted by atomic mass is 10.0. The van der Waals surface area contributed by atoms with Gasteiger partial charge in [-0.1, -0.05) is 17.7 Å². The molecule has 0 aliphatic carbocycles. The molecule has 0 saturated carbocycles. The lowest BCUT2D eigenvalue weighted by Gasteiger charge is -2.31. The minimum absolute atomic E-state index is 0.0644. The number of sulfonamides is 1. The third kappa shape index (κ3) is 5.03. The molecule has 3 aromatic rings. The van der Waals surface area contributed by atoms with E-state index in [2.05, 4.69) is 5.32 Å². The van der Waals surface area contributed by atoms with Crippen LogP contribution in [0.3, 0.4) is 0 Å². The molecule has 6 nitrogen and oxygen atoms in total. The maximum atomic E-state index is 13.2. The number of carbonyl (C=O) groups is 1. The molecule has 0 spiro atoms. The second kappa shape index (κ2) is 9.27. The van der Waals surface area contributed by atoms with Gasteiger partial charge >= 0.3 is 0 Å². The molecular weight excluding hydrogens is 436 g/mol. The molecule has 33 heavy (non-hydrogen) atoms. The van der Waals surface area contributed by atoms with Crippen molar-refractivity contribution in [3.05, 3.63) is 83.4 Å². The van der Waals surface area contributed by atoms with Gasteiger partial charge in [0.15, 0.2) is 0 Å². The van der Waals surface area contributed by atoms with Crippen LogP contribution in [0, 0.1) is 6.92 Å². The molecule has 0 aromatic heterocycles. The Morgan fingerprint density at radius 1 is 1.00 bits per heavy atom. The van der Waals surface area contributed by atoms with Crippen molar-refractivity contribution in [1.29, 1.82) is 0 Å². The SMILES string of the molecule is Cc1ccc(S(=O)(=O)N2CCCc3cc(NC(=O)c4ccc(OC(C)C)cc4)ccc32)cc1. The Morgan fingerprint density at radius 3 is 2.36 bits per heavy atom. The molecular formula is C26H28N2O4S. The van der Waals surface area contributed by atoms with Crippen LogP contribution in [-0.2, 0) is 16.4 Å². The van der Waals surface area contributed by atoms with E-state index < -0.39 is 10.0 Å². The van der Waals surface area contributed by atoms with E-state index in [9.17, 15) is 13.2 Å². The van der Waals surface area contributed by atoms with Gasteiger partial charge in [0.25, 0.3) is 15.9 Å². The van der Waals surface area contributed by atoms with Crippen molar-refractivity contribution < 1.29 is 17.9 Å². The molecule has 0 radical (unpaired) electrons. The zero-order valence-corrected chi connectivity index (χ0v) is 19.9. The zero-order chi connectivity index (χ0) is 23.6. The second-order valence-corrected chi connectivity index (χ2v) is 10.3. The minimum atomic E-state index is -3.65. The first-order valence-corrected chi connectivity index (χ1v) is 12.5. The number of nitrogens with zero attached hydrogens (tertiary/aromatic N) is 1. The van der Waals surface area contributed by atoms with Gasteiger partial charge in [-0.25, -0.2) is 8.42 Å². The third-order valence-corrected chi connectivity index (χ3v) is 7.34. The molecule has 0 bridgehead atoms. The number of hydrogen-bond donors (Lipinski definition) is 1. The summed E-state index contributed by atoms with van der Waals surface area (Å²) in [4.78, 5) is 13.0. The van der Waals surface area contributed by atoms with Crippen LogP contribution in [0.5, 0.6) is 5.75 Å². The Balaban J connectivity index is 1.53. The molecule has 0 atom stereocenters. The van der Waals surface area contributed by atoms with Gasteiger partial charge in [0.05, 0.1) is 16.7 Å². The summed E-state index contributed by atoms with van der Waals surface area (Å²) in [7, 11) is -3.65. The largest absolute Gasteiger partial charge is 0.491 e. The summed E-state index contributed by atoms with van der Waals surface area (Å²) in [5.74, 6) is 0.483. The predicted molar refractivity (Wildman–Crippen MR) is 131 cm³/mol. The van der Waals surface area contributed by atoms with Gasteiger partial charge in [0.1, 0.15) is 5.75 Å². The van der Waals surface area contributed by atoms with Crippen LogP contribution in [-0.4, -0.2) is 27.0 Å². The monoisotopic (exact) mass is 464 g/mol. The van der Waals surface area contributed by atoms with Crippen molar-refractivity contribution >= 4 is 27.3 Å². The van der Waals surface area contributed by atoms with Crippen LogP contribution in [0.25, 0.3) is 0 Å². The molecule has 1 amide bonds. The Kier molecular flexibility index (Phi) is 6.42. The minimum Gasteiger partial charge on any atom is -0.491 e. The predicted octanol–water partition coefficient (Wildman–Crippen LogP) is 5.18. The number of hydrogen-bond acceptors (Lipinski definition) is 4. The quantitative estimate of drug-likeness (QED) is 0.546. The molecule has 7 heteroatoms. The van der Waals surface area contributed by atoms with Crippen LogP contribution in [0.15, 0.2) is 71.6 Å². The van der Waals surface area contributed by atoms with E-state index in [0.717, 1.165) is 17.5 Å². The van der Waals surface area contributed by atoms with E-state index in [1.54, 1.807) is 60.7 Å². The van der Waals surface area contributed by atoms with Crippen molar-refractivity contribution in [2.45, 2.75) is 44.6 Å². The fourth-order valence-corrected chi connectivity index (χ4v) is 5.43. The second-order valence-electron chi connectivity index (χ2n) is 8.48. The van der Waals surface area contributed by atoms with Gasteiger partial charge in [-0.05, 0) is 93.8 Å². The van der Waals surface area contributed by atoms with Crippen molar-refractivity contribution in [2.24, 2.45) is 0 Å². The highest BCUT2D eigenvalue weighted by atomic mass is 32.2. The van der Waals surface area contributed by atoms with Gasteiger partial charge in [-0.2, -0.15) is 0 Å². The van der Waals surface area contributed by atoms with Crippen LogP contribution in [0.1, 0.15) is 41.8 Å². The molecule has 1 aliphatic rings. The number of rotatable bonds is 6. The highest BCUT2D eigenvalue weighted by Crippen LogP contribution is 2.34. The van der Waals surface area contributed by atoms with E-state index in [4.69, 9.17) is 4.74 Å². The van der Waals surface area contributed by atoms with Gasteiger partial charge in [-0.3, -0.25) is 9.10 Å². The van der Waals surface area contributed by atoms with Gasteiger partial charge in [0.2, 0.25) is 0 Å². The van der Waals surface area contributed by atoms with Crippen LogP contribution >= 0.6 is 0 Å². The van der Waals surface area contributed by atoms with E-state index in [1.165, 1.54) is 4.31 Å². The maximum absolute atomic E-state index is 13.2. The molecule has 1 heterocycles. The standard InChI is InChI=1S/C26H28N2O4S/c1-18(2)32-23-11-8-20(9-12-23)26(29)27-22-10-15-25-21(17-22)5-4-16-28(25)33(30,31)24-13-6-19(3)7-14-24/h6-15,17-18H,4-5,16H2,1-3H3,(H,27,29). The number of benzene rings is 3. The molecule has 172 valence electrons. The number of amides is 1. The van der Waals surface area contributed by atoms with E-state index in [0.29, 0.717) is 35.7 Å². The maximum Gasteiger partial charge on any atom is 0.264 e. The number of ether oxygens (including phenoxy) is 1. The Bertz CT molecular complexity index is 1250. The van der Waals surface area contributed by atoms with Crippen LogP contribution < -0.4 is 14.4 Å². The fourth-order valence-electron chi connectivity index (χ4n) is 3.89. The average molecular weight is 465 g/mol. The van der Waals surface area contributed by atoms with E-state index in [1.807, 2.05) is 26.8 Å². The number of carbonyl (C=O) groups excluding carboxylic acids is 1. The summed E-state index contributed by atoms with van der Waals surface area (Å²) in [6.45, 7) is 6.25. The summed E-state index contributed by atoms with van der Waals surface area (Å²) in [6, 6.07) is 19.3. The van der Waals surface area contributed by atoms with Crippen LogP contribution in [0.2, 0.25) is 0 Å². The summed E-state index contributed by atoms with van der Waals surface area (Å²) < 4.78 is 33.6. The molecule has 1 aliphatic heterocycles. The number of fused-ring (bicyclic) bond motifs is 1. The third-order valence-electron chi connectivity index (χ3n) is 5.51. The van der Waals surface area contributed by atoms with Gasteiger partial charge in [0, 0.05) is 17.8 Å². The Labute approximate surface area is 195 Å². The lowest BCUT2D eigenvalue weighted by Crippen LogP contribution is -2.35. The molecule has 4 rings (SSSR count). The van der Waals surface area contributed by atoms with Crippen LogP contribution in [0.4, 0.5) is 11.4 Å². The number of nitrogens with one attached hydrogen (secondary N) is 1. The fraction of sp³-hybridized carbons (Fsp3) is 0.269. The van der Waals surface area contributed by atoms with Crippen molar-refractivity contribution in [3.63, 3.8) is 0 Å². The number of aryl methyl sites for hydroxylation is 2. The smallest absolute Gasteiger partial charge is 0.264 e. The first-order valence-electron chi connectivity index (χ1n) is 11.0. The van der Waals surface area contributed by atoms with E-state index >= 15 is 0 Å². The molecule has 3 aromatic carbocycles. The summed E-state index contributed by atoms with van der Waals surface area (Å²) >= 11 is 0. The highest BCUT2D eigenvalue weighted by Gasteiger charge is 2.29. The summed E-state index contributed by atoms with van der Waals surface area (Å²) in [5, 5.41) is 2.91. The van der Waals surface area contributed by atoms with Gasteiger partial charge in [-0.15, -0.1) is 0 Å². The first kappa shape index (κ1) is 22.9. The summed E-state index contributed by atoms with van der Waals surface area (Å²) in [6.07, 6.45) is 1.53. The zero-order valence-electron chi connectivity index (χ0n) is 19.0. The van der Waals surface area contributed by atoms with Crippen molar-refractivity contribution in [3.8, 4) is 5.75 Å². The summed E-state index contributed by atoms with van der Waals surface area (Å²) in [5.41, 5.74) is 3.73. The van der Waals surface area contributed by atoms with Crippen molar-refractivity contribution in [1.82, 2.24) is 0 Å². The Morgan fingerprint density at radius 2 is 1.70 bits per heavy atom. The normalized spacial score (nSPS) is 13.5. The van der Waals surface area contributed by atoms with Crippen molar-refractivity contribution in [2.75, 3.05) is 16.2 Å². The average Bonchev–Trinajstić information content (AvgIpc) is 2.79. The lowest BCUT2D eigenvalue weighted by molar-refractivity contribution is 0.102. The molecule has 0 saturated heterocycles. The van der Waals surface area contributed by atoms with Gasteiger partial charge < -0.3 is 10.1 Å². The molecule has 1 N–H and O–H groups in total. The van der Waals surface area contributed by atoms with E-state index in [-0.39, 0.29) is 16.9 Å². The topological polar surface area (TPSA) is 75.7 Å². The highest BCUT2D eigenvalue weighted by molar-refractivity contribution is 7.92. The Hall–Kier alpha value is -3.32. The molecule has 0 unspecified atom stereocenters.